The van der Waals surface area contributed by atoms with Crippen molar-refractivity contribution in [2.24, 2.45) is 0 Å². The molecule has 3 aromatic carbocycles. The second-order valence-electron chi connectivity index (χ2n) is 8.10. The number of hydrogen-bond acceptors (Lipinski definition) is 4. The molecule has 2 atom stereocenters. The van der Waals surface area contributed by atoms with E-state index in [2.05, 4.69) is 12.1 Å². The third-order valence-corrected chi connectivity index (χ3v) is 6.86. The van der Waals surface area contributed by atoms with E-state index in [1.54, 1.807) is 0 Å². The second-order valence-corrected chi connectivity index (χ2v) is 8.92. The number of methoxy groups -OCH3 is 1. The van der Waals surface area contributed by atoms with Crippen LogP contribution >= 0.6 is 23.2 Å². The highest BCUT2D eigenvalue weighted by molar-refractivity contribution is 6.39. The predicted molar refractivity (Wildman–Crippen MR) is 125 cm³/mol. The lowest BCUT2D eigenvalue weighted by atomic mass is 9.96. The van der Waals surface area contributed by atoms with Gasteiger partial charge in [-0.2, -0.15) is 0 Å². The molecule has 2 aliphatic rings. The van der Waals surface area contributed by atoms with E-state index in [9.17, 15) is 4.79 Å². The minimum absolute atomic E-state index is 0.0154. The fourth-order valence-corrected chi connectivity index (χ4v) is 5.28. The Morgan fingerprint density at radius 3 is 2.62 bits per heavy atom. The third kappa shape index (κ3) is 3.82. The van der Waals surface area contributed by atoms with E-state index in [-0.39, 0.29) is 18.0 Å². The summed E-state index contributed by atoms with van der Waals surface area (Å²) in [5, 5.41) is 1.29. The highest BCUT2D eigenvalue weighted by Gasteiger charge is 2.30. The van der Waals surface area contributed by atoms with E-state index >= 15 is 0 Å². The van der Waals surface area contributed by atoms with Crippen LogP contribution in [0.5, 0.6) is 11.5 Å². The zero-order chi connectivity index (χ0) is 22.2. The highest BCUT2D eigenvalue weighted by Crippen LogP contribution is 2.45. The summed E-state index contributed by atoms with van der Waals surface area (Å²) in [4.78, 5) is 11.6. The molecule has 0 bridgehead atoms. The van der Waals surface area contributed by atoms with Gasteiger partial charge in [0.15, 0.2) is 0 Å². The molecule has 0 saturated carbocycles. The largest absolute Gasteiger partial charge is 0.492 e. The molecular formula is C26H22Cl2O4. The molecule has 0 fully saturated rings. The molecule has 4 nitrogen and oxygen atoms in total. The maximum Gasteiger partial charge on any atom is 0.306 e. The van der Waals surface area contributed by atoms with Gasteiger partial charge in [0.05, 0.1) is 20.1 Å². The zero-order valence-electron chi connectivity index (χ0n) is 17.6. The molecule has 0 N–H and O–H groups in total. The van der Waals surface area contributed by atoms with E-state index in [1.807, 2.05) is 42.5 Å². The second kappa shape index (κ2) is 8.68. The molecule has 0 spiro atoms. The quantitative estimate of drug-likeness (QED) is 0.387. The Hall–Kier alpha value is -2.69. The summed E-state index contributed by atoms with van der Waals surface area (Å²) in [7, 11) is 1.40. The van der Waals surface area contributed by atoms with Gasteiger partial charge in [-0.15, -0.1) is 0 Å². The highest BCUT2D eigenvalue weighted by atomic mass is 35.5. The van der Waals surface area contributed by atoms with Crippen LogP contribution in [0, 0.1) is 0 Å². The Bertz CT molecular complexity index is 1170. The fourth-order valence-electron chi connectivity index (χ4n) is 4.68. The summed E-state index contributed by atoms with van der Waals surface area (Å²) in [5.41, 5.74) is 5.33. The maximum absolute atomic E-state index is 11.6. The molecule has 6 heteroatoms. The summed E-state index contributed by atoms with van der Waals surface area (Å²) in [6.45, 7) is 0.474. The van der Waals surface area contributed by atoms with Gasteiger partial charge in [-0.25, -0.2) is 0 Å². The summed E-state index contributed by atoms with van der Waals surface area (Å²) in [5.74, 6) is 1.30. The van der Waals surface area contributed by atoms with Gasteiger partial charge in [-0.1, -0.05) is 53.5 Å². The molecule has 1 aliphatic carbocycles. The minimum Gasteiger partial charge on any atom is -0.492 e. The van der Waals surface area contributed by atoms with Crippen LogP contribution in [-0.4, -0.2) is 19.7 Å². The molecule has 5 rings (SSSR count). The van der Waals surface area contributed by atoms with Gasteiger partial charge in [0, 0.05) is 33.2 Å². The number of carbonyl (C=O) groups is 1. The average molecular weight is 469 g/mol. The topological polar surface area (TPSA) is 44.8 Å². The van der Waals surface area contributed by atoms with Crippen molar-refractivity contribution in [1.29, 1.82) is 0 Å². The van der Waals surface area contributed by atoms with Crippen LogP contribution in [0.1, 0.15) is 41.6 Å². The van der Waals surface area contributed by atoms with Crippen LogP contribution in [0.15, 0.2) is 54.6 Å². The lowest BCUT2D eigenvalue weighted by Gasteiger charge is -2.17. The van der Waals surface area contributed by atoms with Gasteiger partial charge >= 0.3 is 5.97 Å². The van der Waals surface area contributed by atoms with Crippen molar-refractivity contribution >= 4 is 29.2 Å². The number of ether oxygens (including phenoxy) is 3. The number of esters is 1. The molecule has 164 valence electrons. The maximum atomic E-state index is 11.6. The number of halogens is 2. The lowest BCUT2D eigenvalue weighted by molar-refractivity contribution is -0.141. The number of rotatable bonds is 5. The monoisotopic (exact) mass is 468 g/mol. The fraction of sp³-hybridized carbons (Fsp3) is 0.269. The molecule has 32 heavy (non-hydrogen) atoms. The Balaban J connectivity index is 1.39. The van der Waals surface area contributed by atoms with Crippen molar-refractivity contribution in [3.63, 3.8) is 0 Å². The Morgan fingerprint density at radius 1 is 1.06 bits per heavy atom. The van der Waals surface area contributed by atoms with Gasteiger partial charge in [0.25, 0.3) is 0 Å². The van der Waals surface area contributed by atoms with E-state index in [0.717, 1.165) is 46.6 Å². The van der Waals surface area contributed by atoms with Gasteiger partial charge < -0.3 is 14.2 Å². The Morgan fingerprint density at radius 2 is 1.84 bits per heavy atom. The number of benzene rings is 3. The van der Waals surface area contributed by atoms with Crippen molar-refractivity contribution in [3.8, 4) is 22.6 Å². The SMILES string of the molecule is COC(=O)CC1COc2cc(OC3CCc4c(-c5c(Cl)cccc5Cl)cccc43)ccc21. The average Bonchev–Trinajstić information content (AvgIpc) is 3.38. The Labute approximate surface area is 197 Å². The van der Waals surface area contributed by atoms with Crippen LogP contribution in [0.25, 0.3) is 11.1 Å². The molecule has 0 saturated heterocycles. The number of carbonyl (C=O) groups excluding carboxylic acids is 1. The van der Waals surface area contributed by atoms with E-state index in [0.29, 0.717) is 23.1 Å². The molecule has 1 heterocycles. The zero-order valence-corrected chi connectivity index (χ0v) is 19.1. The van der Waals surface area contributed by atoms with Crippen LogP contribution in [0.3, 0.4) is 0 Å². The number of fused-ring (bicyclic) bond motifs is 2. The lowest BCUT2D eigenvalue weighted by Crippen LogP contribution is -2.09. The van der Waals surface area contributed by atoms with Crippen LogP contribution in [0.4, 0.5) is 0 Å². The van der Waals surface area contributed by atoms with E-state index < -0.39 is 0 Å². The normalized spacial score (nSPS) is 18.6. The van der Waals surface area contributed by atoms with Crippen LogP contribution in [-0.2, 0) is 16.0 Å². The van der Waals surface area contributed by atoms with E-state index in [4.69, 9.17) is 37.4 Å². The number of hydrogen-bond donors (Lipinski definition) is 0. The van der Waals surface area contributed by atoms with Crippen molar-refractivity contribution in [2.45, 2.75) is 31.3 Å². The molecular weight excluding hydrogens is 447 g/mol. The van der Waals surface area contributed by atoms with Crippen LogP contribution < -0.4 is 9.47 Å². The predicted octanol–water partition coefficient (Wildman–Crippen LogP) is 6.77. The van der Waals surface area contributed by atoms with Gasteiger partial charge in [0.2, 0.25) is 0 Å². The van der Waals surface area contributed by atoms with Crippen molar-refractivity contribution < 1.29 is 19.0 Å². The summed E-state index contributed by atoms with van der Waals surface area (Å²) in [6.07, 6.45) is 2.02. The molecule has 2 unspecified atom stereocenters. The third-order valence-electron chi connectivity index (χ3n) is 6.23. The smallest absolute Gasteiger partial charge is 0.306 e. The van der Waals surface area contributed by atoms with E-state index in [1.165, 1.54) is 12.7 Å². The van der Waals surface area contributed by atoms with Crippen molar-refractivity contribution in [2.75, 3.05) is 13.7 Å². The van der Waals surface area contributed by atoms with Crippen molar-refractivity contribution in [1.82, 2.24) is 0 Å². The molecule has 3 aromatic rings. The minimum atomic E-state index is -0.233. The van der Waals surface area contributed by atoms with Gasteiger partial charge in [-0.05, 0) is 47.7 Å². The Kier molecular flexibility index (Phi) is 5.75. The summed E-state index contributed by atoms with van der Waals surface area (Å²) >= 11 is 13.0. The first-order valence-electron chi connectivity index (χ1n) is 10.6. The first kappa shape index (κ1) is 21.2. The molecule has 0 aromatic heterocycles. The summed E-state index contributed by atoms with van der Waals surface area (Å²) < 4.78 is 17.0. The summed E-state index contributed by atoms with van der Waals surface area (Å²) in [6, 6.07) is 17.6. The first-order chi connectivity index (χ1) is 15.5. The molecule has 0 radical (unpaired) electrons. The van der Waals surface area contributed by atoms with Gasteiger partial charge in [0.1, 0.15) is 17.6 Å². The van der Waals surface area contributed by atoms with Gasteiger partial charge in [-0.3, -0.25) is 4.79 Å². The van der Waals surface area contributed by atoms with Crippen LogP contribution in [0.2, 0.25) is 10.0 Å². The van der Waals surface area contributed by atoms with Crippen molar-refractivity contribution in [3.05, 3.63) is 81.3 Å². The standard InChI is InChI=1S/C26H22Cl2O4/c1-30-25(29)12-15-14-31-24-13-16(8-9-17(15)24)32-23-11-10-18-19(23)4-2-5-20(18)26-21(27)6-3-7-22(26)28/h2-9,13,15,23H,10-12,14H2,1H3. The first-order valence-corrected chi connectivity index (χ1v) is 11.4. The molecule has 0 amide bonds. The molecule has 1 aliphatic heterocycles.